The molecule has 6 heteroatoms. The smallest absolute Gasteiger partial charge is 0.246 e. The molecular formula is C16H16Cl2N2O2. The van der Waals surface area contributed by atoms with E-state index >= 15 is 0 Å². The Balaban J connectivity index is 2.06. The van der Waals surface area contributed by atoms with Crippen molar-refractivity contribution in [2.45, 2.75) is 13.0 Å². The fourth-order valence-corrected chi connectivity index (χ4v) is 2.35. The molecule has 116 valence electrons. The topological polar surface area (TPSA) is 50.4 Å². The van der Waals surface area contributed by atoms with Gasteiger partial charge in [0.1, 0.15) is 11.8 Å². The van der Waals surface area contributed by atoms with Gasteiger partial charge in [0.15, 0.2) is 0 Å². The Morgan fingerprint density at radius 3 is 2.55 bits per heavy atom. The van der Waals surface area contributed by atoms with Crippen LogP contribution in [-0.2, 0) is 4.79 Å². The van der Waals surface area contributed by atoms with E-state index in [-0.39, 0.29) is 5.91 Å². The third kappa shape index (κ3) is 4.06. The van der Waals surface area contributed by atoms with Gasteiger partial charge in [0.25, 0.3) is 0 Å². The van der Waals surface area contributed by atoms with Gasteiger partial charge in [-0.25, -0.2) is 0 Å². The number of carbonyl (C=O) groups is 1. The molecule has 0 unspecified atom stereocenters. The zero-order valence-corrected chi connectivity index (χ0v) is 13.7. The summed E-state index contributed by atoms with van der Waals surface area (Å²) < 4.78 is 5.25. The number of hydrogen-bond acceptors (Lipinski definition) is 3. The minimum absolute atomic E-state index is 0.213. The summed E-state index contributed by atoms with van der Waals surface area (Å²) in [5.41, 5.74) is 1.26. The van der Waals surface area contributed by atoms with Crippen molar-refractivity contribution in [1.82, 2.24) is 0 Å². The Bertz CT molecular complexity index is 677. The van der Waals surface area contributed by atoms with E-state index in [2.05, 4.69) is 10.6 Å². The van der Waals surface area contributed by atoms with E-state index in [1.165, 1.54) is 0 Å². The van der Waals surface area contributed by atoms with Crippen LogP contribution in [0.5, 0.6) is 5.75 Å². The molecule has 22 heavy (non-hydrogen) atoms. The summed E-state index contributed by atoms with van der Waals surface area (Å²) in [7, 11) is 1.58. The van der Waals surface area contributed by atoms with Crippen molar-refractivity contribution in [2.24, 2.45) is 0 Å². The van der Waals surface area contributed by atoms with Gasteiger partial charge >= 0.3 is 0 Å². The molecule has 0 saturated carbocycles. The van der Waals surface area contributed by atoms with Gasteiger partial charge in [0.05, 0.1) is 23.5 Å². The first-order valence-electron chi connectivity index (χ1n) is 6.66. The summed E-state index contributed by atoms with van der Waals surface area (Å²) in [4.78, 5) is 12.2. The normalized spacial score (nSPS) is 11.6. The van der Waals surface area contributed by atoms with E-state index < -0.39 is 6.04 Å². The van der Waals surface area contributed by atoms with Gasteiger partial charge in [-0.15, -0.1) is 0 Å². The van der Waals surface area contributed by atoms with Crippen LogP contribution in [0.25, 0.3) is 0 Å². The third-order valence-corrected chi connectivity index (χ3v) is 3.61. The predicted octanol–water partition coefficient (Wildman–Crippen LogP) is 4.44. The van der Waals surface area contributed by atoms with Crippen molar-refractivity contribution in [3.8, 4) is 5.75 Å². The van der Waals surface area contributed by atoms with Crippen LogP contribution in [0, 0.1) is 0 Å². The maximum absolute atomic E-state index is 12.2. The Labute approximate surface area is 139 Å². The van der Waals surface area contributed by atoms with Gasteiger partial charge in [-0.3, -0.25) is 4.79 Å². The average molecular weight is 339 g/mol. The molecule has 4 nitrogen and oxygen atoms in total. The fraction of sp³-hybridized carbons (Fsp3) is 0.188. The van der Waals surface area contributed by atoms with Crippen LogP contribution in [0.15, 0.2) is 42.5 Å². The molecule has 1 atom stereocenters. The molecule has 0 aromatic heterocycles. The van der Waals surface area contributed by atoms with E-state index in [1.54, 1.807) is 32.2 Å². The van der Waals surface area contributed by atoms with E-state index in [9.17, 15) is 4.79 Å². The number of nitrogens with one attached hydrogen (secondary N) is 2. The number of ether oxygens (including phenoxy) is 1. The standard InChI is InChI=1S/C16H16Cl2N2O2/c1-10(19-14-5-3-4-6-15(14)22-2)16(21)20-13-8-7-11(17)9-12(13)18/h3-10,19H,1-2H3,(H,20,21)/t10-/m1/s1. The lowest BCUT2D eigenvalue weighted by Crippen LogP contribution is -2.32. The highest BCUT2D eigenvalue weighted by Crippen LogP contribution is 2.26. The number of halogens is 2. The second-order valence-electron chi connectivity index (χ2n) is 4.68. The fourth-order valence-electron chi connectivity index (χ4n) is 1.89. The minimum Gasteiger partial charge on any atom is -0.495 e. The van der Waals surface area contributed by atoms with Crippen LogP contribution in [-0.4, -0.2) is 19.1 Å². The molecule has 2 rings (SSSR count). The second-order valence-corrected chi connectivity index (χ2v) is 5.52. The molecule has 0 fully saturated rings. The van der Waals surface area contributed by atoms with Gasteiger partial charge in [-0.05, 0) is 37.3 Å². The van der Waals surface area contributed by atoms with Gasteiger partial charge < -0.3 is 15.4 Å². The second kappa shape index (κ2) is 7.38. The molecule has 0 bridgehead atoms. The molecule has 0 saturated heterocycles. The van der Waals surface area contributed by atoms with Gasteiger partial charge in [0.2, 0.25) is 5.91 Å². The van der Waals surface area contributed by atoms with Crippen molar-refractivity contribution < 1.29 is 9.53 Å². The predicted molar refractivity (Wildman–Crippen MR) is 91.2 cm³/mol. The lowest BCUT2D eigenvalue weighted by Gasteiger charge is -2.17. The van der Waals surface area contributed by atoms with E-state index in [0.717, 1.165) is 5.69 Å². The highest BCUT2D eigenvalue weighted by molar-refractivity contribution is 6.36. The SMILES string of the molecule is COc1ccccc1N[C@H](C)C(=O)Nc1ccc(Cl)cc1Cl. The van der Waals surface area contributed by atoms with Crippen LogP contribution in [0.1, 0.15) is 6.92 Å². The molecular weight excluding hydrogens is 323 g/mol. The highest BCUT2D eigenvalue weighted by atomic mass is 35.5. The van der Waals surface area contributed by atoms with Crippen LogP contribution < -0.4 is 15.4 Å². The summed E-state index contributed by atoms with van der Waals surface area (Å²) in [6, 6.07) is 11.8. The molecule has 2 aromatic carbocycles. The lowest BCUT2D eigenvalue weighted by atomic mass is 10.2. The van der Waals surface area contributed by atoms with Crippen LogP contribution in [0.4, 0.5) is 11.4 Å². The molecule has 0 radical (unpaired) electrons. The van der Waals surface area contributed by atoms with Crippen molar-refractivity contribution in [3.05, 3.63) is 52.5 Å². The van der Waals surface area contributed by atoms with Crippen molar-refractivity contribution in [2.75, 3.05) is 17.7 Å². The Morgan fingerprint density at radius 2 is 1.86 bits per heavy atom. The summed E-state index contributed by atoms with van der Waals surface area (Å²) in [5, 5.41) is 6.78. The first-order chi connectivity index (χ1) is 10.5. The Kier molecular flexibility index (Phi) is 5.52. The summed E-state index contributed by atoms with van der Waals surface area (Å²) in [6.45, 7) is 1.76. The summed E-state index contributed by atoms with van der Waals surface area (Å²) in [5.74, 6) is 0.460. The zero-order valence-electron chi connectivity index (χ0n) is 12.2. The zero-order chi connectivity index (χ0) is 16.1. The molecule has 1 amide bonds. The monoisotopic (exact) mass is 338 g/mol. The van der Waals surface area contributed by atoms with Crippen LogP contribution in [0.3, 0.4) is 0 Å². The molecule has 0 aliphatic rings. The van der Waals surface area contributed by atoms with E-state index in [4.69, 9.17) is 27.9 Å². The highest BCUT2D eigenvalue weighted by Gasteiger charge is 2.15. The van der Waals surface area contributed by atoms with Gasteiger partial charge in [-0.1, -0.05) is 35.3 Å². The number of hydrogen-bond donors (Lipinski definition) is 2. The first-order valence-corrected chi connectivity index (χ1v) is 7.42. The summed E-state index contributed by atoms with van der Waals surface area (Å²) in [6.07, 6.45) is 0. The molecule has 0 aliphatic carbocycles. The van der Waals surface area contributed by atoms with E-state index in [0.29, 0.717) is 21.5 Å². The average Bonchev–Trinajstić information content (AvgIpc) is 2.50. The number of anilines is 2. The van der Waals surface area contributed by atoms with E-state index in [1.807, 2.05) is 24.3 Å². The number of amides is 1. The third-order valence-electron chi connectivity index (χ3n) is 3.06. The van der Waals surface area contributed by atoms with Crippen molar-refractivity contribution in [3.63, 3.8) is 0 Å². The van der Waals surface area contributed by atoms with Crippen LogP contribution in [0.2, 0.25) is 10.0 Å². The summed E-state index contributed by atoms with van der Waals surface area (Å²) >= 11 is 11.9. The number of benzene rings is 2. The van der Waals surface area contributed by atoms with Crippen molar-refractivity contribution >= 4 is 40.5 Å². The first kappa shape index (κ1) is 16.5. The van der Waals surface area contributed by atoms with Gasteiger partial charge in [0, 0.05) is 5.02 Å². The molecule has 0 spiro atoms. The number of para-hydroxylation sites is 2. The Morgan fingerprint density at radius 1 is 1.14 bits per heavy atom. The quantitative estimate of drug-likeness (QED) is 0.847. The molecule has 2 N–H and O–H groups in total. The number of methoxy groups -OCH3 is 1. The molecule has 0 heterocycles. The van der Waals surface area contributed by atoms with Gasteiger partial charge in [-0.2, -0.15) is 0 Å². The maximum Gasteiger partial charge on any atom is 0.246 e. The minimum atomic E-state index is -0.469. The molecule has 0 aliphatic heterocycles. The largest absolute Gasteiger partial charge is 0.495 e. The number of rotatable bonds is 5. The van der Waals surface area contributed by atoms with Crippen LogP contribution >= 0.6 is 23.2 Å². The maximum atomic E-state index is 12.2. The number of carbonyl (C=O) groups excluding carboxylic acids is 1. The molecule has 2 aromatic rings. The Hall–Kier alpha value is -1.91. The lowest BCUT2D eigenvalue weighted by molar-refractivity contribution is -0.116. The van der Waals surface area contributed by atoms with Crippen molar-refractivity contribution in [1.29, 1.82) is 0 Å².